The largest absolute Gasteiger partial charge is 0.459 e. The summed E-state index contributed by atoms with van der Waals surface area (Å²) < 4.78 is 24.4. The molecule has 7 nitrogen and oxygen atoms in total. The Bertz CT molecular complexity index is 863. The lowest BCUT2D eigenvalue weighted by atomic mass is 9.97. The number of esters is 1. The number of furan rings is 1. The number of piperidine rings is 1. The number of amides is 2. The summed E-state index contributed by atoms with van der Waals surface area (Å²) >= 11 is 3.13. The van der Waals surface area contributed by atoms with Crippen molar-refractivity contribution in [3.63, 3.8) is 0 Å². The highest BCUT2D eigenvalue weighted by Crippen LogP contribution is 2.21. The van der Waals surface area contributed by atoms with E-state index in [1.165, 1.54) is 18.4 Å². The van der Waals surface area contributed by atoms with Gasteiger partial charge in [0.2, 0.25) is 0 Å². The third-order valence-corrected chi connectivity index (χ3v) is 4.89. The van der Waals surface area contributed by atoms with Gasteiger partial charge in [0.1, 0.15) is 5.82 Å². The molecule has 148 valence electrons. The van der Waals surface area contributed by atoms with Gasteiger partial charge in [0, 0.05) is 17.6 Å². The van der Waals surface area contributed by atoms with Gasteiger partial charge in [0.25, 0.3) is 11.8 Å². The number of carbonyl (C=O) groups excluding carboxylic acids is 3. The molecule has 1 fully saturated rings. The average Bonchev–Trinajstić information content (AvgIpc) is 3.22. The van der Waals surface area contributed by atoms with Crippen molar-refractivity contribution in [2.24, 2.45) is 5.92 Å². The summed E-state index contributed by atoms with van der Waals surface area (Å²) in [7, 11) is 0. The molecule has 2 heterocycles. The van der Waals surface area contributed by atoms with E-state index in [0.29, 0.717) is 30.4 Å². The number of nitrogens with zero attached hydrogens (tertiary/aromatic N) is 1. The highest BCUT2D eigenvalue weighted by molar-refractivity contribution is 9.10. The smallest absolute Gasteiger partial charge is 0.309 e. The molecule has 2 aromatic rings. The Morgan fingerprint density at radius 3 is 2.64 bits per heavy atom. The van der Waals surface area contributed by atoms with E-state index in [2.05, 4.69) is 21.2 Å². The van der Waals surface area contributed by atoms with E-state index in [0.717, 1.165) is 0 Å². The zero-order valence-electron chi connectivity index (χ0n) is 14.8. The summed E-state index contributed by atoms with van der Waals surface area (Å²) in [4.78, 5) is 37.9. The van der Waals surface area contributed by atoms with Gasteiger partial charge in [-0.25, -0.2) is 4.39 Å². The topological polar surface area (TPSA) is 88.9 Å². The van der Waals surface area contributed by atoms with Crippen LogP contribution in [0.4, 0.5) is 10.1 Å². The number of hydrogen-bond donors (Lipinski definition) is 1. The lowest BCUT2D eigenvalue weighted by Crippen LogP contribution is -2.40. The Hall–Kier alpha value is -2.68. The van der Waals surface area contributed by atoms with Crippen LogP contribution in [0.25, 0.3) is 0 Å². The van der Waals surface area contributed by atoms with E-state index >= 15 is 0 Å². The van der Waals surface area contributed by atoms with Gasteiger partial charge >= 0.3 is 5.97 Å². The Balaban J connectivity index is 1.43. The van der Waals surface area contributed by atoms with E-state index in [-0.39, 0.29) is 17.4 Å². The number of hydrogen-bond acceptors (Lipinski definition) is 5. The van der Waals surface area contributed by atoms with Crippen molar-refractivity contribution in [2.75, 3.05) is 25.0 Å². The Kier molecular flexibility index (Phi) is 6.45. The molecule has 1 aliphatic heterocycles. The monoisotopic (exact) mass is 452 g/mol. The Labute approximate surface area is 169 Å². The van der Waals surface area contributed by atoms with Gasteiger partial charge < -0.3 is 19.4 Å². The second-order valence-corrected chi connectivity index (χ2v) is 7.24. The molecule has 0 saturated carbocycles. The zero-order chi connectivity index (χ0) is 20.1. The predicted molar refractivity (Wildman–Crippen MR) is 101 cm³/mol. The van der Waals surface area contributed by atoms with Crippen molar-refractivity contribution in [3.05, 3.63) is 52.6 Å². The van der Waals surface area contributed by atoms with Gasteiger partial charge in [-0.15, -0.1) is 0 Å². The van der Waals surface area contributed by atoms with Gasteiger partial charge in [-0.2, -0.15) is 0 Å². The molecule has 1 aliphatic rings. The minimum Gasteiger partial charge on any atom is -0.459 e. The molecule has 2 amide bonds. The van der Waals surface area contributed by atoms with Crippen LogP contribution in [-0.4, -0.2) is 42.4 Å². The number of anilines is 1. The van der Waals surface area contributed by atoms with Crippen molar-refractivity contribution in [3.8, 4) is 0 Å². The average molecular weight is 453 g/mol. The van der Waals surface area contributed by atoms with Crippen LogP contribution in [0.5, 0.6) is 0 Å². The molecule has 0 unspecified atom stereocenters. The first-order valence-electron chi connectivity index (χ1n) is 8.68. The molecule has 9 heteroatoms. The van der Waals surface area contributed by atoms with Gasteiger partial charge in [0.05, 0.1) is 17.9 Å². The van der Waals surface area contributed by atoms with Crippen LogP contribution in [0.1, 0.15) is 23.4 Å². The molecule has 0 atom stereocenters. The van der Waals surface area contributed by atoms with Gasteiger partial charge in [-0.1, -0.05) is 15.9 Å². The molecule has 28 heavy (non-hydrogen) atoms. The normalized spacial score (nSPS) is 14.6. The van der Waals surface area contributed by atoms with E-state index in [1.807, 2.05) is 0 Å². The summed E-state index contributed by atoms with van der Waals surface area (Å²) in [5, 5.41) is 2.36. The summed E-state index contributed by atoms with van der Waals surface area (Å²) in [6, 6.07) is 7.45. The lowest BCUT2D eigenvalue weighted by Gasteiger charge is -2.30. The van der Waals surface area contributed by atoms with E-state index in [1.54, 1.807) is 23.1 Å². The maximum atomic E-state index is 13.7. The van der Waals surface area contributed by atoms with Gasteiger partial charge in [0.15, 0.2) is 12.4 Å². The fourth-order valence-electron chi connectivity index (χ4n) is 2.91. The molecule has 0 bridgehead atoms. The van der Waals surface area contributed by atoms with Crippen molar-refractivity contribution >= 4 is 39.4 Å². The highest BCUT2D eigenvalue weighted by Gasteiger charge is 2.30. The lowest BCUT2D eigenvalue weighted by molar-refractivity contribution is -0.152. The van der Waals surface area contributed by atoms with E-state index < -0.39 is 30.2 Å². The van der Waals surface area contributed by atoms with Gasteiger partial charge in [-0.05, 0) is 43.2 Å². The van der Waals surface area contributed by atoms with Crippen LogP contribution < -0.4 is 5.32 Å². The van der Waals surface area contributed by atoms with Crippen LogP contribution >= 0.6 is 15.9 Å². The molecule has 3 rings (SSSR count). The molecule has 0 radical (unpaired) electrons. The highest BCUT2D eigenvalue weighted by atomic mass is 79.9. The maximum absolute atomic E-state index is 13.7. The number of benzene rings is 1. The van der Waals surface area contributed by atoms with Crippen LogP contribution in [0, 0.1) is 11.7 Å². The Morgan fingerprint density at radius 2 is 2.00 bits per heavy atom. The standard InChI is InChI=1S/C19H18BrFN2O5/c20-13-3-4-15(14(21)10-13)22-17(24)11-28-19(26)12-5-7-23(8-6-12)18(25)16-2-1-9-27-16/h1-4,9-10,12H,5-8,11H2,(H,22,24). The summed E-state index contributed by atoms with van der Waals surface area (Å²) in [6.45, 7) is 0.297. The van der Waals surface area contributed by atoms with E-state index in [9.17, 15) is 18.8 Å². The summed E-state index contributed by atoms with van der Waals surface area (Å²) in [5.74, 6) is -2.07. The fourth-order valence-corrected chi connectivity index (χ4v) is 3.24. The Morgan fingerprint density at radius 1 is 1.25 bits per heavy atom. The molecule has 1 saturated heterocycles. The first kappa shape index (κ1) is 20.1. The third-order valence-electron chi connectivity index (χ3n) is 4.40. The molecule has 1 aromatic carbocycles. The number of halogens is 2. The first-order chi connectivity index (χ1) is 13.4. The summed E-state index contributed by atoms with van der Waals surface area (Å²) in [6.07, 6.45) is 2.31. The number of ether oxygens (including phenoxy) is 1. The number of carbonyl (C=O) groups is 3. The molecule has 0 aliphatic carbocycles. The summed E-state index contributed by atoms with van der Waals surface area (Å²) in [5.41, 5.74) is 0.00833. The minimum atomic E-state index is -0.625. The van der Waals surface area contributed by atoms with Crippen molar-refractivity contribution < 1.29 is 27.9 Å². The SMILES string of the molecule is O=C(COC(=O)C1CCN(C(=O)c2ccco2)CC1)Nc1ccc(Br)cc1F. The zero-order valence-corrected chi connectivity index (χ0v) is 16.4. The molecule has 0 spiro atoms. The fraction of sp³-hybridized carbons (Fsp3) is 0.316. The molecular formula is C19H18BrFN2O5. The van der Waals surface area contributed by atoms with Crippen molar-refractivity contribution in [1.29, 1.82) is 0 Å². The third kappa shape index (κ3) is 4.98. The van der Waals surface area contributed by atoms with Gasteiger partial charge in [-0.3, -0.25) is 14.4 Å². The predicted octanol–water partition coefficient (Wildman–Crippen LogP) is 3.22. The first-order valence-corrected chi connectivity index (χ1v) is 9.47. The van der Waals surface area contributed by atoms with Crippen LogP contribution in [-0.2, 0) is 14.3 Å². The number of likely N-dealkylation sites (tertiary alicyclic amines) is 1. The number of nitrogens with one attached hydrogen (secondary N) is 1. The van der Waals surface area contributed by atoms with Crippen LogP contribution in [0.3, 0.4) is 0 Å². The van der Waals surface area contributed by atoms with Crippen LogP contribution in [0.2, 0.25) is 0 Å². The van der Waals surface area contributed by atoms with E-state index in [4.69, 9.17) is 9.15 Å². The maximum Gasteiger partial charge on any atom is 0.309 e. The molecule has 1 N–H and O–H groups in total. The van der Waals surface area contributed by atoms with Crippen LogP contribution in [0.15, 0.2) is 45.5 Å². The number of rotatable bonds is 5. The molecular weight excluding hydrogens is 435 g/mol. The second kappa shape index (κ2) is 9.01. The van der Waals surface area contributed by atoms with Crippen molar-refractivity contribution in [2.45, 2.75) is 12.8 Å². The quantitative estimate of drug-likeness (QED) is 0.703. The molecule has 1 aromatic heterocycles. The minimum absolute atomic E-state index is 0.00833. The van der Waals surface area contributed by atoms with Crippen molar-refractivity contribution in [1.82, 2.24) is 4.90 Å². The second-order valence-electron chi connectivity index (χ2n) is 6.32.